The Kier molecular flexibility index (Phi) is 2.98. The highest BCUT2D eigenvalue weighted by molar-refractivity contribution is 6.29. The zero-order valence-corrected chi connectivity index (χ0v) is 11.7. The molecule has 0 bridgehead atoms. The fourth-order valence-electron chi connectivity index (χ4n) is 1.99. The summed E-state index contributed by atoms with van der Waals surface area (Å²) < 4.78 is 3.00. The number of rotatable bonds is 2. The normalized spacial score (nSPS) is 11.2. The third kappa shape index (κ3) is 2.16. The zero-order chi connectivity index (χ0) is 14.3. The Morgan fingerprint density at radius 1 is 1.35 bits per heavy atom. The van der Waals surface area contributed by atoms with Crippen molar-refractivity contribution in [3.05, 3.63) is 45.6 Å². The molecule has 0 unspecified atom stereocenters. The number of halogens is 1. The van der Waals surface area contributed by atoms with Crippen molar-refractivity contribution in [2.24, 2.45) is 7.05 Å². The van der Waals surface area contributed by atoms with Gasteiger partial charge in [0.1, 0.15) is 22.7 Å². The van der Waals surface area contributed by atoms with Crippen LogP contribution in [0, 0.1) is 6.92 Å². The topological polar surface area (TPSA) is 78.5 Å². The van der Waals surface area contributed by atoms with Gasteiger partial charge in [-0.1, -0.05) is 11.6 Å². The molecule has 0 fully saturated rings. The van der Waals surface area contributed by atoms with Crippen LogP contribution in [0.1, 0.15) is 11.5 Å². The monoisotopic (exact) mass is 290 g/mol. The van der Waals surface area contributed by atoms with Gasteiger partial charge in [-0.05, 0) is 13.0 Å². The summed E-state index contributed by atoms with van der Waals surface area (Å²) in [6, 6.07) is 1.66. The van der Waals surface area contributed by atoms with Crippen molar-refractivity contribution in [2.45, 2.75) is 13.5 Å². The molecule has 3 aromatic heterocycles. The van der Waals surface area contributed by atoms with E-state index in [9.17, 15) is 4.79 Å². The second kappa shape index (κ2) is 4.68. The van der Waals surface area contributed by atoms with Gasteiger partial charge in [-0.15, -0.1) is 0 Å². The molecule has 20 heavy (non-hydrogen) atoms. The highest BCUT2D eigenvalue weighted by Gasteiger charge is 2.09. The van der Waals surface area contributed by atoms with Crippen LogP contribution in [0.5, 0.6) is 0 Å². The second-order valence-corrected chi connectivity index (χ2v) is 4.82. The highest BCUT2D eigenvalue weighted by Crippen LogP contribution is 2.08. The van der Waals surface area contributed by atoms with E-state index in [1.165, 1.54) is 17.1 Å². The zero-order valence-electron chi connectivity index (χ0n) is 10.9. The minimum absolute atomic E-state index is 0.177. The Hall–Kier alpha value is -2.28. The molecule has 0 amide bonds. The van der Waals surface area contributed by atoms with Gasteiger partial charge in [0.25, 0.3) is 5.56 Å². The first-order chi connectivity index (χ1) is 9.54. The van der Waals surface area contributed by atoms with Crippen LogP contribution in [0.3, 0.4) is 0 Å². The minimum Gasteiger partial charge on any atom is -0.291 e. The molecular formula is C12H11ClN6O. The van der Waals surface area contributed by atoms with Gasteiger partial charge in [-0.2, -0.15) is 5.10 Å². The molecule has 7 nitrogen and oxygen atoms in total. The molecule has 0 saturated heterocycles. The van der Waals surface area contributed by atoms with Gasteiger partial charge in [-0.3, -0.25) is 14.0 Å². The van der Waals surface area contributed by atoms with Gasteiger partial charge < -0.3 is 0 Å². The van der Waals surface area contributed by atoms with E-state index in [1.807, 2.05) is 6.92 Å². The number of fused-ring (bicyclic) bond motifs is 1. The van der Waals surface area contributed by atoms with Gasteiger partial charge in [0.05, 0.1) is 12.7 Å². The van der Waals surface area contributed by atoms with E-state index in [1.54, 1.807) is 17.8 Å². The summed E-state index contributed by atoms with van der Waals surface area (Å²) in [5, 5.41) is 4.85. The molecule has 0 atom stereocenters. The molecule has 3 rings (SSSR count). The van der Waals surface area contributed by atoms with Crippen LogP contribution in [0.2, 0.25) is 5.15 Å². The molecule has 8 heteroatoms. The summed E-state index contributed by atoms with van der Waals surface area (Å²) in [5.41, 5.74) is 1.13. The van der Waals surface area contributed by atoms with Crippen LogP contribution in [0.25, 0.3) is 11.0 Å². The van der Waals surface area contributed by atoms with Crippen molar-refractivity contribution in [3.63, 3.8) is 0 Å². The number of hydrogen-bond donors (Lipinski definition) is 0. The van der Waals surface area contributed by atoms with Gasteiger partial charge >= 0.3 is 0 Å². The molecule has 0 N–H and O–H groups in total. The molecule has 3 aromatic rings. The van der Waals surface area contributed by atoms with Crippen LogP contribution in [0.15, 0.2) is 23.4 Å². The standard InChI is InChI=1S/C12H11ClN6O/c1-7-3-9(13)17-10(16-7)5-19-6-14-11-8(12(19)20)4-15-18(11)2/h3-4,6H,5H2,1-2H3. The fourth-order valence-corrected chi connectivity index (χ4v) is 2.25. The van der Waals surface area contributed by atoms with E-state index in [2.05, 4.69) is 20.1 Å². The summed E-state index contributed by atoms with van der Waals surface area (Å²) >= 11 is 5.89. The van der Waals surface area contributed by atoms with Gasteiger partial charge in [0.15, 0.2) is 5.65 Å². The molecule has 0 aliphatic carbocycles. The Morgan fingerprint density at radius 2 is 2.15 bits per heavy atom. The van der Waals surface area contributed by atoms with Crippen LogP contribution in [-0.4, -0.2) is 29.3 Å². The molecular weight excluding hydrogens is 280 g/mol. The predicted molar refractivity (Wildman–Crippen MR) is 73.7 cm³/mol. The maximum absolute atomic E-state index is 12.3. The van der Waals surface area contributed by atoms with Crippen molar-refractivity contribution < 1.29 is 0 Å². The average molecular weight is 291 g/mol. The second-order valence-electron chi connectivity index (χ2n) is 4.43. The van der Waals surface area contributed by atoms with E-state index >= 15 is 0 Å². The van der Waals surface area contributed by atoms with Crippen molar-refractivity contribution in [2.75, 3.05) is 0 Å². The lowest BCUT2D eigenvalue weighted by Gasteiger charge is -2.05. The van der Waals surface area contributed by atoms with Crippen LogP contribution >= 0.6 is 11.6 Å². The molecule has 3 heterocycles. The lowest BCUT2D eigenvalue weighted by Crippen LogP contribution is -2.22. The minimum atomic E-state index is -0.177. The Balaban J connectivity index is 2.06. The molecule has 0 saturated carbocycles. The van der Waals surface area contributed by atoms with Gasteiger partial charge in [-0.25, -0.2) is 15.0 Å². The number of aryl methyl sites for hydroxylation is 2. The van der Waals surface area contributed by atoms with E-state index in [0.29, 0.717) is 22.0 Å². The predicted octanol–water partition coefficient (Wildman–Crippen LogP) is 0.930. The van der Waals surface area contributed by atoms with E-state index in [0.717, 1.165) is 5.69 Å². The van der Waals surface area contributed by atoms with E-state index < -0.39 is 0 Å². The van der Waals surface area contributed by atoms with Crippen LogP contribution in [-0.2, 0) is 13.6 Å². The smallest absolute Gasteiger partial charge is 0.264 e. The SMILES string of the molecule is Cc1cc(Cl)nc(Cn2cnc3c(cnn3C)c2=O)n1. The number of nitrogens with zero attached hydrogens (tertiary/aromatic N) is 6. The van der Waals surface area contributed by atoms with E-state index in [4.69, 9.17) is 11.6 Å². The number of hydrogen-bond acceptors (Lipinski definition) is 5. The first kappa shape index (κ1) is 12.7. The van der Waals surface area contributed by atoms with E-state index in [-0.39, 0.29) is 12.1 Å². The van der Waals surface area contributed by atoms with Crippen molar-refractivity contribution >= 4 is 22.6 Å². The lowest BCUT2D eigenvalue weighted by molar-refractivity contribution is 0.698. The van der Waals surface area contributed by atoms with Crippen molar-refractivity contribution in [3.8, 4) is 0 Å². The quantitative estimate of drug-likeness (QED) is 0.656. The van der Waals surface area contributed by atoms with Gasteiger partial charge in [0, 0.05) is 12.7 Å². The fraction of sp³-hybridized carbons (Fsp3) is 0.250. The first-order valence-electron chi connectivity index (χ1n) is 5.92. The first-order valence-corrected chi connectivity index (χ1v) is 6.29. The molecule has 102 valence electrons. The summed E-state index contributed by atoms with van der Waals surface area (Å²) in [6.45, 7) is 2.04. The largest absolute Gasteiger partial charge is 0.291 e. The van der Waals surface area contributed by atoms with Gasteiger partial charge in [0.2, 0.25) is 0 Å². The summed E-state index contributed by atoms with van der Waals surface area (Å²) in [7, 11) is 1.74. The van der Waals surface area contributed by atoms with Crippen LogP contribution < -0.4 is 5.56 Å². The number of aromatic nitrogens is 6. The highest BCUT2D eigenvalue weighted by atomic mass is 35.5. The van der Waals surface area contributed by atoms with Crippen molar-refractivity contribution in [1.82, 2.24) is 29.3 Å². The molecule has 0 aliphatic heterocycles. The summed E-state index contributed by atoms with van der Waals surface area (Å²) in [4.78, 5) is 24.9. The third-order valence-electron chi connectivity index (χ3n) is 2.90. The summed E-state index contributed by atoms with van der Waals surface area (Å²) in [6.07, 6.45) is 2.97. The Labute approximate surface area is 118 Å². The maximum Gasteiger partial charge on any atom is 0.264 e. The Bertz CT molecular complexity index is 833. The molecule has 0 aromatic carbocycles. The Morgan fingerprint density at radius 3 is 2.90 bits per heavy atom. The average Bonchev–Trinajstić information content (AvgIpc) is 2.74. The maximum atomic E-state index is 12.3. The van der Waals surface area contributed by atoms with Crippen molar-refractivity contribution in [1.29, 1.82) is 0 Å². The molecule has 0 aliphatic rings. The third-order valence-corrected chi connectivity index (χ3v) is 3.09. The molecule has 0 spiro atoms. The molecule has 0 radical (unpaired) electrons. The lowest BCUT2D eigenvalue weighted by atomic mass is 10.4. The van der Waals surface area contributed by atoms with Crippen LogP contribution in [0.4, 0.5) is 0 Å². The summed E-state index contributed by atoms with van der Waals surface area (Å²) in [5.74, 6) is 0.474.